The summed E-state index contributed by atoms with van der Waals surface area (Å²) in [5.41, 5.74) is 1.29. The number of hydrogen-bond acceptors (Lipinski definition) is 3. The highest BCUT2D eigenvalue weighted by Gasteiger charge is 2.18. The van der Waals surface area contributed by atoms with Crippen molar-refractivity contribution in [3.05, 3.63) is 29.3 Å². The number of fused-ring (bicyclic) bond motifs is 1. The van der Waals surface area contributed by atoms with E-state index in [4.69, 9.17) is 4.74 Å². The molecule has 0 radical (unpaired) electrons. The third kappa shape index (κ3) is 1.42. The molecule has 0 saturated carbocycles. The number of carbonyl (C=O) groups is 1. The molecule has 0 spiro atoms. The maximum absolute atomic E-state index is 10.5. The maximum Gasteiger partial charge on any atom is 0.150 e. The van der Waals surface area contributed by atoms with E-state index in [1.54, 1.807) is 18.2 Å². The lowest BCUT2D eigenvalue weighted by atomic mass is 10.0. The van der Waals surface area contributed by atoms with Crippen molar-refractivity contribution in [2.24, 2.45) is 0 Å². The minimum Gasteiger partial charge on any atom is -0.493 e. The second kappa shape index (κ2) is 3.18. The van der Waals surface area contributed by atoms with Gasteiger partial charge >= 0.3 is 0 Å². The monoisotopic (exact) mass is 178 g/mol. The number of ether oxygens (including phenoxy) is 1. The molecule has 1 aromatic rings. The van der Waals surface area contributed by atoms with Crippen molar-refractivity contribution in [1.29, 1.82) is 0 Å². The van der Waals surface area contributed by atoms with Crippen LogP contribution in [0.3, 0.4) is 0 Å². The van der Waals surface area contributed by atoms with Crippen LogP contribution < -0.4 is 4.74 Å². The molecule has 0 aliphatic carbocycles. The van der Waals surface area contributed by atoms with E-state index in [1.165, 1.54) is 0 Å². The average molecular weight is 178 g/mol. The molecule has 68 valence electrons. The standard InChI is InChI=1S/C10H10O3/c11-6-7-1-2-10-8(5-7)9(12)3-4-13-10/h1-2,5-6,9,12H,3-4H2. The fraction of sp³-hybridized carbons (Fsp3) is 0.300. The quantitative estimate of drug-likeness (QED) is 0.659. The van der Waals surface area contributed by atoms with Gasteiger partial charge in [0.05, 0.1) is 12.7 Å². The number of rotatable bonds is 1. The zero-order valence-corrected chi connectivity index (χ0v) is 7.06. The molecule has 1 aliphatic heterocycles. The lowest BCUT2D eigenvalue weighted by molar-refractivity contribution is 0.111. The van der Waals surface area contributed by atoms with Crippen molar-refractivity contribution in [2.75, 3.05) is 6.61 Å². The topological polar surface area (TPSA) is 46.5 Å². The first kappa shape index (κ1) is 8.26. The van der Waals surface area contributed by atoms with Gasteiger partial charge in [0.1, 0.15) is 12.0 Å². The summed E-state index contributed by atoms with van der Waals surface area (Å²) in [4.78, 5) is 10.5. The minimum atomic E-state index is -0.497. The highest BCUT2D eigenvalue weighted by atomic mass is 16.5. The molecule has 0 bridgehead atoms. The van der Waals surface area contributed by atoms with Gasteiger partial charge in [-0.2, -0.15) is 0 Å². The van der Waals surface area contributed by atoms with E-state index in [9.17, 15) is 9.90 Å². The van der Waals surface area contributed by atoms with Gasteiger partial charge < -0.3 is 9.84 Å². The van der Waals surface area contributed by atoms with E-state index in [2.05, 4.69) is 0 Å². The van der Waals surface area contributed by atoms with Crippen LogP contribution in [0.15, 0.2) is 18.2 Å². The molecule has 0 saturated heterocycles. The van der Waals surface area contributed by atoms with Gasteiger partial charge in [0.15, 0.2) is 0 Å². The Hall–Kier alpha value is -1.35. The van der Waals surface area contributed by atoms with E-state index >= 15 is 0 Å². The molecule has 1 N–H and O–H groups in total. The van der Waals surface area contributed by atoms with Gasteiger partial charge in [-0.25, -0.2) is 0 Å². The summed E-state index contributed by atoms with van der Waals surface area (Å²) in [6.07, 6.45) is 0.861. The Kier molecular flexibility index (Phi) is 2.02. The van der Waals surface area contributed by atoms with Crippen molar-refractivity contribution >= 4 is 6.29 Å². The Labute approximate surface area is 76.0 Å². The van der Waals surface area contributed by atoms with Gasteiger partial charge in [0.25, 0.3) is 0 Å². The van der Waals surface area contributed by atoms with Gasteiger partial charge in [-0.05, 0) is 18.2 Å². The van der Waals surface area contributed by atoms with E-state index in [0.29, 0.717) is 24.3 Å². The molecular formula is C10H10O3. The molecule has 1 aromatic carbocycles. The SMILES string of the molecule is O=Cc1ccc2c(c1)C(O)CCO2. The molecule has 1 heterocycles. The van der Waals surface area contributed by atoms with Gasteiger partial charge in [-0.1, -0.05) is 0 Å². The van der Waals surface area contributed by atoms with Gasteiger partial charge in [-0.3, -0.25) is 4.79 Å². The van der Waals surface area contributed by atoms with Crippen LogP contribution >= 0.6 is 0 Å². The maximum atomic E-state index is 10.5. The average Bonchev–Trinajstić information content (AvgIpc) is 2.18. The third-order valence-corrected chi connectivity index (χ3v) is 2.18. The van der Waals surface area contributed by atoms with Gasteiger partial charge in [-0.15, -0.1) is 0 Å². The molecule has 13 heavy (non-hydrogen) atoms. The molecule has 1 atom stereocenters. The summed E-state index contributed by atoms with van der Waals surface area (Å²) in [5.74, 6) is 0.685. The van der Waals surface area contributed by atoms with Crippen LogP contribution in [-0.2, 0) is 0 Å². The zero-order valence-electron chi connectivity index (χ0n) is 7.06. The molecule has 3 nitrogen and oxygen atoms in total. The van der Waals surface area contributed by atoms with Crippen LogP contribution in [0.2, 0.25) is 0 Å². The number of carbonyl (C=O) groups excluding carboxylic acids is 1. The fourth-order valence-electron chi connectivity index (χ4n) is 1.47. The predicted octanol–water partition coefficient (Wildman–Crippen LogP) is 1.31. The largest absolute Gasteiger partial charge is 0.493 e. The normalized spacial score (nSPS) is 20.2. The predicted molar refractivity (Wildman–Crippen MR) is 46.9 cm³/mol. The van der Waals surface area contributed by atoms with Gasteiger partial charge in [0.2, 0.25) is 0 Å². The van der Waals surface area contributed by atoms with Crippen molar-refractivity contribution in [3.63, 3.8) is 0 Å². The molecule has 2 rings (SSSR count). The molecule has 1 unspecified atom stereocenters. The van der Waals surface area contributed by atoms with Crippen LogP contribution in [0, 0.1) is 0 Å². The second-order valence-corrected chi connectivity index (χ2v) is 3.07. The van der Waals surface area contributed by atoms with Crippen molar-refractivity contribution in [2.45, 2.75) is 12.5 Å². The van der Waals surface area contributed by atoms with Gasteiger partial charge in [0, 0.05) is 17.5 Å². The van der Waals surface area contributed by atoms with Crippen molar-refractivity contribution in [1.82, 2.24) is 0 Å². The number of aldehydes is 1. The number of hydrogen-bond donors (Lipinski definition) is 1. The Balaban J connectivity index is 2.46. The second-order valence-electron chi connectivity index (χ2n) is 3.07. The summed E-state index contributed by atoms with van der Waals surface area (Å²) in [5, 5.41) is 9.59. The van der Waals surface area contributed by atoms with Crippen LogP contribution in [-0.4, -0.2) is 18.0 Å². The summed E-state index contributed by atoms with van der Waals surface area (Å²) in [7, 11) is 0. The first-order chi connectivity index (χ1) is 6.31. The minimum absolute atomic E-state index is 0.497. The molecule has 0 fully saturated rings. The van der Waals surface area contributed by atoms with Crippen LogP contribution in [0.25, 0.3) is 0 Å². The lowest BCUT2D eigenvalue weighted by Gasteiger charge is -2.21. The first-order valence-corrected chi connectivity index (χ1v) is 4.21. The Bertz CT molecular complexity index is 333. The number of benzene rings is 1. The Morgan fingerprint density at radius 1 is 1.54 bits per heavy atom. The fourth-order valence-corrected chi connectivity index (χ4v) is 1.47. The highest BCUT2D eigenvalue weighted by Crippen LogP contribution is 2.31. The lowest BCUT2D eigenvalue weighted by Crippen LogP contribution is -2.13. The van der Waals surface area contributed by atoms with Crippen LogP contribution in [0.1, 0.15) is 28.4 Å². The number of aliphatic hydroxyl groups is 1. The highest BCUT2D eigenvalue weighted by molar-refractivity contribution is 5.75. The van der Waals surface area contributed by atoms with Crippen LogP contribution in [0.4, 0.5) is 0 Å². The van der Waals surface area contributed by atoms with E-state index in [1.807, 2.05) is 0 Å². The van der Waals surface area contributed by atoms with E-state index < -0.39 is 6.10 Å². The van der Waals surface area contributed by atoms with E-state index in [-0.39, 0.29) is 0 Å². The molecule has 3 heteroatoms. The Morgan fingerprint density at radius 2 is 2.38 bits per heavy atom. The molecule has 1 aliphatic rings. The Morgan fingerprint density at radius 3 is 3.15 bits per heavy atom. The molecule has 0 amide bonds. The molecule has 0 aromatic heterocycles. The zero-order chi connectivity index (χ0) is 9.26. The van der Waals surface area contributed by atoms with Crippen molar-refractivity contribution in [3.8, 4) is 5.75 Å². The van der Waals surface area contributed by atoms with E-state index in [0.717, 1.165) is 11.8 Å². The summed E-state index contributed by atoms with van der Waals surface area (Å²) in [6.45, 7) is 0.536. The third-order valence-electron chi connectivity index (χ3n) is 2.18. The summed E-state index contributed by atoms with van der Waals surface area (Å²) < 4.78 is 5.32. The smallest absolute Gasteiger partial charge is 0.150 e. The summed E-state index contributed by atoms with van der Waals surface area (Å²) >= 11 is 0. The number of aliphatic hydroxyl groups excluding tert-OH is 1. The molecular weight excluding hydrogens is 168 g/mol. The first-order valence-electron chi connectivity index (χ1n) is 4.21. The summed E-state index contributed by atoms with van der Waals surface area (Å²) in [6, 6.07) is 5.08. The van der Waals surface area contributed by atoms with Crippen molar-refractivity contribution < 1.29 is 14.6 Å². The van der Waals surface area contributed by atoms with Crippen LogP contribution in [0.5, 0.6) is 5.75 Å².